The lowest BCUT2D eigenvalue weighted by molar-refractivity contribution is 0.0938. The molecule has 1 fully saturated rings. The highest BCUT2D eigenvalue weighted by Gasteiger charge is 2.25. The molecular weight excluding hydrogens is 379 g/mol. The van der Waals surface area contributed by atoms with Crippen molar-refractivity contribution >= 4 is 40.4 Å². The van der Waals surface area contributed by atoms with Gasteiger partial charge in [-0.1, -0.05) is 35.3 Å². The third kappa shape index (κ3) is 4.47. The van der Waals surface area contributed by atoms with Crippen LogP contribution in [0.4, 0.5) is 0 Å². The Balaban J connectivity index is 1.73. The lowest BCUT2D eigenvalue weighted by Gasteiger charge is -2.28. The number of amides is 1. The van der Waals surface area contributed by atoms with Crippen molar-refractivity contribution in [3.05, 3.63) is 50.1 Å². The van der Waals surface area contributed by atoms with Gasteiger partial charge in [0.05, 0.1) is 23.1 Å². The largest absolute Gasteiger partial charge is 0.497 e. The molecule has 2 heterocycles. The molecule has 0 radical (unpaired) electrons. The summed E-state index contributed by atoms with van der Waals surface area (Å²) in [5, 5.41) is 3.01. The number of nitrogens with one attached hydrogen (secondary N) is 1. The average Bonchev–Trinajstić information content (AvgIpc) is 3.25. The predicted molar refractivity (Wildman–Crippen MR) is 103 cm³/mol. The molecule has 3 rings (SSSR count). The van der Waals surface area contributed by atoms with Crippen LogP contribution in [0, 0.1) is 0 Å². The zero-order chi connectivity index (χ0) is 17.8. The standard InChI is InChI=1S/C18H20Cl2N2O2S/c1-24-13-6-4-12(5-7-13)15(22-8-2-3-9-22)11-21-18(23)14-10-16(19)25-17(14)20/h4-7,10,15H,2-3,8-9,11H2,1H3,(H,21,23)/t15-/m0/s1. The van der Waals surface area contributed by atoms with Crippen LogP contribution in [0.5, 0.6) is 5.75 Å². The van der Waals surface area contributed by atoms with Gasteiger partial charge in [-0.2, -0.15) is 0 Å². The molecule has 1 amide bonds. The quantitative estimate of drug-likeness (QED) is 0.770. The van der Waals surface area contributed by atoms with Gasteiger partial charge in [-0.25, -0.2) is 0 Å². The van der Waals surface area contributed by atoms with Gasteiger partial charge in [0, 0.05) is 6.54 Å². The van der Waals surface area contributed by atoms with Crippen LogP contribution in [0.2, 0.25) is 8.67 Å². The number of ether oxygens (including phenoxy) is 1. The number of nitrogens with zero attached hydrogens (tertiary/aromatic N) is 1. The van der Waals surface area contributed by atoms with E-state index in [1.807, 2.05) is 12.1 Å². The topological polar surface area (TPSA) is 41.6 Å². The summed E-state index contributed by atoms with van der Waals surface area (Å²) in [7, 11) is 1.66. The number of hydrogen-bond acceptors (Lipinski definition) is 4. The van der Waals surface area contributed by atoms with Crippen LogP contribution < -0.4 is 10.1 Å². The van der Waals surface area contributed by atoms with E-state index in [4.69, 9.17) is 27.9 Å². The van der Waals surface area contributed by atoms with E-state index in [1.165, 1.54) is 24.2 Å². The lowest BCUT2D eigenvalue weighted by atomic mass is 10.0. The van der Waals surface area contributed by atoms with Crippen molar-refractivity contribution in [2.75, 3.05) is 26.7 Å². The highest BCUT2D eigenvalue weighted by atomic mass is 35.5. The zero-order valence-corrected chi connectivity index (χ0v) is 16.3. The summed E-state index contributed by atoms with van der Waals surface area (Å²) in [4.78, 5) is 14.9. The van der Waals surface area contributed by atoms with Crippen LogP contribution in [-0.2, 0) is 0 Å². The Morgan fingerprint density at radius 2 is 1.96 bits per heavy atom. The number of halogens is 2. The van der Waals surface area contributed by atoms with Gasteiger partial charge in [0.1, 0.15) is 10.1 Å². The number of rotatable bonds is 6. The van der Waals surface area contributed by atoms with E-state index in [0.717, 1.165) is 24.4 Å². The Morgan fingerprint density at radius 3 is 2.52 bits per heavy atom. The van der Waals surface area contributed by atoms with Gasteiger partial charge in [-0.3, -0.25) is 9.69 Å². The summed E-state index contributed by atoms with van der Waals surface area (Å²) in [6, 6.07) is 9.77. The monoisotopic (exact) mass is 398 g/mol. The molecule has 2 aromatic rings. The van der Waals surface area contributed by atoms with Crippen molar-refractivity contribution in [3.63, 3.8) is 0 Å². The van der Waals surface area contributed by atoms with E-state index >= 15 is 0 Å². The number of methoxy groups -OCH3 is 1. The van der Waals surface area contributed by atoms with Gasteiger partial charge in [-0.15, -0.1) is 11.3 Å². The average molecular weight is 399 g/mol. The van der Waals surface area contributed by atoms with E-state index in [-0.39, 0.29) is 11.9 Å². The van der Waals surface area contributed by atoms with Crippen LogP contribution in [0.25, 0.3) is 0 Å². The first-order valence-electron chi connectivity index (χ1n) is 8.19. The van der Waals surface area contributed by atoms with Crippen molar-refractivity contribution in [3.8, 4) is 5.75 Å². The smallest absolute Gasteiger partial charge is 0.253 e. The van der Waals surface area contributed by atoms with E-state index in [2.05, 4.69) is 22.3 Å². The molecular formula is C18H20Cl2N2O2S. The Morgan fingerprint density at radius 1 is 1.28 bits per heavy atom. The minimum atomic E-state index is -0.189. The van der Waals surface area contributed by atoms with Gasteiger partial charge in [0.15, 0.2) is 0 Å². The Kier molecular flexibility index (Phi) is 6.23. The molecule has 1 aliphatic heterocycles. The van der Waals surface area contributed by atoms with Crippen LogP contribution in [0.1, 0.15) is 34.8 Å². The minimum absolute atomic E-state index is 0.130. The number of likely N-dealkylation sites (tertiary alicyclic amines) is 1. The van der Waals surface area contributed by atoms with E-state index in [0.29, 0.717) is 20.8 Å². The van der Waals surface area contributed by atoms with Crippen molar-refractivity contribution < 1.29 is 9.53 Å². The second kappa shape index (κ2) is 8.41. The number of benzene rings is 1. The molecule has 0 saturated carbocycles. The maximum absolute atomic E-state index is 12.4. The van der Waals surface area contributed by atoms with E-state index in [1.54, 1.807) is 13.2 Å². The molecule has 25 heavy (non-hydrogen) atoms. The molecule has 0 unspecified atom stereocenters. The minimum Gasteiger partial charge on any atom is -0.497 e. The maximum atomic E-state index is 12.4. The van der Waals surface area contributed by atoms with E-state index < -0.39 is 0 Å². The predicted octanol–water partition coefficient (Wildman–Crippen LogP) is 4.63. The van der Waals surface area contributed by atoms with Crippen LogP contribution in [0.3, 0.4) is 0 Å². The first kappa shape index (κ1) is 18.5. The van der Waals surface area contributed by atoms with E-state index in [9.17, 15) is 4.79 Å². The summed E-state index contributed by atoms with van der Waals surface area (Å²) in [5.74, 6) is 0.638. The molecule has 1 aromatic carbocycles. The highest BCUT2D eigenvalue weighted by molar-refractivity contribution is 7.20. The van der Waals surface area contributed by atoms with Crippen LogP contribution >= 0.6 is 34.5 Å². The summed E-state index contributed by atoms with van der Waals surface area (Å²) in [6.07, 6.45) is 2.37. The lowest BCUT2D eigenvalue weighted by Crippen LogP contribution is -2.36. The summed E-state index contributed by atoms with van der Waals surface area (Å²) in [6.45, 7) is 2.60. The van der Waals surface area contributed by atoms with Gasteiger partial charge in [-0.05, 0) is 49.7 Å². The Bertz CT molecular complexity index is 727. The molecule has 1 saturated heterocycles. The third-order valence-corrected chi connectivity index (χ3v) is 5.93. The zero-order valence-electron chi connectivity index (χ0n) is 13.9. The van der Waals surface area contributed by atoms with Crippen LogP contribution in [-0.4, -0.2) is 37.6 Å². The van der Waals surface area contributed by atoms with Gasteiger partial charge in [0.25, 0.3) is 5.91 Å². The fourth-order valence-electron chi connectivity index (χ4n) is 3.12. The molecule has 134 valence electrons. The number of carbonyl (C=O) groups excluding carboxylic acids is 1. The van der Waals surface area contributed by atoms with Crippen molar-refractivity contribution in [2.24, 2.45) is 0 Å². The molecule has 1 aliphatic rings. The molecule has 1 N–H and O–H groups in total. The van der Waals surface area contributed by atoms with Gasteiger partial charge >= 0.3 is 0 Å². The van der Waals surface area contributed by atoms with Gasteiger partial charge < -0.3 is 10.1 Å². The normalized spacial score (nSPS) is 16.0. The van der Waals surface area contributed by atoms with Crippen LogP contribution in [0.15, 0.2) is 30.3 Å². The Labute approximate surface area is 161 Å². The molecule has 1 aromatic heterocycles. The SMILES string of the molecule is COc1ccc([C@H](CNC(=O)c2cc(Cl)sc2Cl)N2CCCC2)cc1. The second-order valence-corrected chi connectivity index (χ2v) is 8.27. The Hall–Kier alpha value is -1.27. The summed E-state index contributed by atoms with van der Waals surface area (Å²) < 4.78 is 6.17. The first-order valence-corrected chi connectivity index (χ1v) is 9.76. The third-order valence-electron chi connectivity index (χ3n) is 4.44. The molecule has 0 spiro atoms. The number of hydrogen-bond donors (Lipinski definition) is 1. The fraction of sp³-hybridized carbons (Fsp3) is 0.389. The molecule has 4 nitrogen and oxygen atoms in total. The van der Waals surface area contributed by atoms with Gasteiger partial charge in [0.2, 0.25) is 0 Å². The molecule has 0 bridgehead atoms. The highest BCUT2D eigenvalue weighted by Crippen LogP contribution is 2.31. The first-order chi connectivity index (χ1) is 12.1. The van der Waals surface area contributed by atoms with Crippen molar-refractivity contribution in [2.45, 2.75) is 18.9 Å². The summed E-state index contributed by atoms with van der Waals surface area (Å²) >= 11 is 13.2. The molecule has 1 atom stereocenters. The maximum Gasteiger partial charge on any atom is 0.253 e. The fourth-order valence-corrected chi connectivity index (χ4v) is 4.58. The molecule has 7 heteroatoms. The van der Waals surface area contributed by atoms with Crippen molar-refractivity contribution in [1.29, 1.82) is 0 Å². The number of thiophene rings is 1. The molecule has 0 aliphatic carbocycles. The van der Waals surface area contributed by atoms with Crippen molar-refractivity contribution in [1.82, 2.24) is 10.2 Å². The summed E-state index contributed by atoms with van der Waals surface area (Å²) in [5.41, 5.74) is 1.60. The second-order valence-electron chi connectivity index (χ2n) is 5.98. The number of carbonyl (C=O) groups is 1.